The second kappa shape index (κ2) is 9.65. The van der Waals surface area contributed by atoms with Crippen LogP contribution in [0.5, 0.6) is 5.75 Å². The Bertz CT molecular complexity index is 1080. The standard InChI is InChI=1S/C23H19Cl2NO4/c1-30-21-8-3-2-7-18(21)16-5-4-6-17(12-16)23(29)26(14-22(27)28)13-15-9-10-19(24)20(25)11-15/h2-12H,13-14H2,1H3,(H,27,28). The average molecular weight is 444 g/mol. The molecule has 3 aromatic carbocycles. The highest BCUT2D eigenvalue weighted by atomic mass is 35.5. The zero-order valence-corrected chi connectivity index (χ0v) is 17.7. The second-order valence-electron chi connectivity index (χ2n) is 6.58. The Balaban J connectivity index is 1.92. The lowest BCUT2D eigenvalue weighted by Crippen LogP contribution is -2.35. The largest absolute Gasteiger partial charge is 0.496 e. The third kappa shape index (κ3) is 5.12. The summed E-state index contributed by atoms with van der Waals surface area (Å²) in [5, 5.41) is 10.0. The summed E-state index contributed by atoms with van der Waals surface area (Å²) in [6.45, 7) is -0.362. The van der Waals surface area contributed by atoms with E-state index >= 15 is 0 Å². The summed E-state index contributed by atoms with van der Waals surface area (Å²) in [5.41, 5.74) is 2.69. The van der Waals surface area contributed by atoms with Crippen molar-refractivity contribution in [3.63, 3.8) is 0 Å². The molecule has 0 aromatic heterocycles. The Morgan fingerprint density at radius 3 is 2.43 bits per heavy atom. The summed E-state index contributed by atoms with van der Waals surface area (Å²) in [7, 11) is 1.58. The van der Waals surface area contributed by atoms with Gasteiger partial charge in [0.15, 0.2) is 0 Å². The molecule has 1 N–H and O–H groups in total. The molecule has 0 fully saturated rings. The third-order valence-electron chi connectivity index (χ3n) is 4.50. The van der Waals surface area contributed by atoms with Gasteiger partial charge in [-0.1, -0.05) is 59.6 Å². The minimum atomic E-state index is -1.11. The molecule has 0 saturated carbocycles. The molecule has 5 nitrogen and oxygen atoms in total. The smallest absolute Gasteiger partial charge is 0.323 e. The van der Waals surface area contributed by atoms with Crippen molar-refractivity contribution < 1.29 is 19.4 Å². The number of hydrogen-bond donors (Lipinski definition) is 1. The van der Waals surface area contributed by atoms with Gasteiger partial charge in [0.1, 0.15) is 12.3 Å². The summed E-state index contributed by atoms with van der Waals surface area (Å²) in [6.07, 6.45) is 0. The fraction of sp³-hybridized carbons (Fsp3) is 0.130. The van der Waals surface area contributed by atoms with Gasteiger partial charge in [0.05, 0.1) is 17.2 Å². The first-order chi connectivity index (χ1) is 14.4. The van der Waals surface area contributed by atoms with Gasteiger partial charge in [-0.2, -0.15) is 0 Å². The number of benzene rings is 3. The molecule has 0 bridgehead atoms. The van der Waals surface area contributed by atoms with Crippen LogP contribution in [0.15, 0.2) is 66.7 Å². The van der Waals surface area contributed by atoms with Gasteiger partial charge in [0.2, 0.25) is 0 Å². The van der Waals surface area contributed by atoms with Crippen molar-refractivity contribution in [2.75, 3.05) is 13.7 Å². The van der Waals surface area contributed by atoms with Crippen LogP contribution < -0.4 is 4.74 Å². The monoisotopic (exact) mass is 443 g/mol. The van der Waals surface area contributed by atoms with E-state index in [-0.39, 0.29) is 6.54 Å². The van der Waals surface area contributed by atoms with Crippen LogP contribution in [-0.4, -0.2) is 35.5 Å². The summed E-state index contributed by atoms with van der Waals surface area (Å²) in [5.74, 6) is -0.829. The molecule has 0 saturated heterocycles. The van der Waals surface area contributed by atoms with E-state index in [9.17, 15) is 14.7 Å². The number of carboxylic acids is 1. The van der Waals surface area contributed by atoms with Crippen molar-refractivity contribution in [3.8, 4) is 16.9 Å². The molecule has 0 aliphatic carbocycles. The first-order valence-corrected chi connectivity index (χ1v) is 9.83. The van der Waals surface area contributed by atoms with Crippen molar-refractivity contribution in [2.24, 2.45) is 0 Å². The Morgan fingerprint density at radius 1 is 0.967 bits per heavy atom. The fourth-order valence-corrected chi connectivity index (χ4v) is 3.43. The average Bonchev–Trinajstić information content (AvgIpc) is 2.75. The van der Waals surface area contributed by atoms with Crippen molar-refractivity contribution in [3.05, 3.63) is 87.9 Å². The van der Waals surface area contributed by atoms with Crippen LogP contribution in [0.2, 0.25) is 10.0 Å². The maximum absolute atomic E-state index is 13.1. The lowest BCUT2D eigenvalue weighted by Gasteiger charge is -2.21. The molecule has 0 radical (unpaired) electrons. The van der Waals surface area contributed by atoms with E-state index in [0.717, 1.165) is 11.1 Å². The van der Waals surface area contributed by atoms with Crippen molar-refractivity contribution in [1.82, 2.24) is 4.90 Å². The molecule has 1 amide bonds. The third-order valence-corrected chi connectivity index (χ3v) is 5.24. The minimum Gasteiger partial charge on any atom is -0.496 e. The lowest BCUT2D eigenvalue weighted by atomic mass is 10.0. The molecule has 3 aromatic rings. The summed E-state index contributed by atoms with van der Waals surface area (Å²) in [6, 6.07) is 19.4. The van der Waals surface area contributed by atoms with E-state index < -0.39 is 18.4 Å². The molecule has 30 heavy (non-hydrogen) atoms. The van der Waals surface area contributed by atoms with Crippen LogP contribution >= 0.6 is 23.2 Å². The van der Waals surface area contributed by atoms with Crippen LogP contribution in [0, 0.1) is 0 Å². The van der Waals surface area contributed by atoms with Crippen LogP contribution in [0.1, 0.15) is 15.9 Å². The number of carbonyl (C=O) groups is 2. The Kier molecular flexibility index (Phi) is 6.98. The van der Waals surface area contributed by atoms with Crippen LogP contribution in [-0.2, 0) is 11.3 Å². The topological polar surface area (TPSA) is 66.8 Å². The maximum atomic E-state index is 13.1. The second-order valence-corrected chi connectivity index (χ2v) is 7.40. The number of aliphatic carboxylic acids is 1. The molecule has 0 spiro atoms. The number of nitrogens with zero attached hydrogens (tertiary/aromatic N) is 1. The highest BCUT2D eigenvalue weighted by molar-refractivity contribution is 6.42. The lowest BCUT2D eigenvalue weighted by molar-refractivity contribution is -0.137. The Morgan fingerprint density at radius 2 is 1.73 bits per heavy atom. The highest BCUT2D eigenvalue weighted by Gasteiger charge is 2.20. The number of carbonyl (C=O) groups excluding carboxylic acids is 1. The Labute approximate surface area is 184 Å². The van der Waals surface area contributed by atoms with E-state index in [1.807, 2.05) is 30.3 Å². The summed E-state index contributed by atoms with van der Waals surface area (Å²) >= 11 is 12.0. The predicted molar refractivity (Wildman–Crippen MR) is 117 cm³/mol. The minimum absolute atomic E-state index is 0.0842. The van der Waals surface area contributed by atoms with Gasteiger partial charge in [0.25, 0.3) is 5.91 Å². The number of rotatable bonds is 7. The zero-order valence-electron chi connectivity index (χ0n) is 16.1. The van der Waals surface area contributed by atoms with Crippen molar-refractivity contribution in [1.29, 1.82) is 0 Å². The molecular formula is C23H19Cl2NO4. The molecular weight excluding hydrogens is 425 g/mol. The molecule has 7 heteroatoms. The van der Waals surface area contributed by atoms with E-state index in [2.05, 4.69) is 0 Å². The van der Waals surface area contributed by atoms with E-state index in [0.29, 0.717) is 26.9 Å². The van der Waals surface area contributed by atoms with Gasteiger partial charge in [-0.05, 0) is 41.5 Å². The van der Waals surface area contributed by atoms with Gasteiger partial charge < -0.3 is 14.7 Å². The number of hydrogen-bond acceptors (Lipinski definition) is 3. The van der Waals surface area contributed by atoms with Gasteiger partial charge in [-0.3, -0.25) is 9.59 Å². The van der Waals surface area contributed by atoms with Crippen LogP contribution in [0.4, 0.5) is 0 Å². The fourth-order valence-electron chi connectivity index (χ4n) is 3.11. The van der Waals surface area contributed by atoms with E-state index in [4.69, 9.17) is 27.9 Å². The number of halogens is 2. The van der Waals surface area contributed by atoms with E-state index in [1.165, 1.54) is 4.90 Å². The molecule has 0 atom stereocenters. The maximum Gasteiger partial charge on any atom is 0.323 e. The number of methoxy groups -OCH3 is 1. The number of amides is 1. The number of carboxylic acid groups (broad SMARTS) is 1. The number of para-hydroxylation sites is 1. The van der Waals surface area contributed by atoms with Crippen LogP contribution in [0.25, 0.3) is 11.1 Å². The predicted octanol–water partition coefficient (Wildman–Crippen LogP) is 5.40. The normalized spacial score (nSPS) is 10.5. The quantitative estimate of drug-likeness (QED) is 0.530. The molecule has 0 aliphatic rings. The van der Waals surface area contributed by atoms with Gasteiger partial charge in [-0.25, -0.2) is 0 Å². The zero-order chi connectivity index (χ0) is 21.7. The summed E-state index contributed by atoms with van der Waals surface area (Å²) in [4.78, 5) is 25.8. The van der Waals surface area contributed by atoms with Gasteiger partial charge in [0, 0.05) is 17.7 Å². The molecule has 0 heterocycles. The van der Waals surface area contributed by atoms with E-state index in [1.54, 1.807) is 43.5 Å². The van der Waals surface area contributed by atoms with Crippen LogP contribution in [0.3, 0.4) is 0 Å². The van der Waals surface area contributed by atoms with Crippen molar-refractivity contribution in [2.45, 2.75) is 6.54 Å². The molecule has 154 valence electrons. The Hall–Kier alpha value is -3.02. The molecule has 0 aliphatic heterocycles. The van der Waals surface area contributed by atoms with Crippen molar-refractivity contribution >= 4 is 35.1 Å². The SMILES string of the molecule is COc1ccccc1-c1cccc(C(=O)N(CC(=O)O)Cc2ccc(Cl)c(Cl)c2)c1. The number of ether oxygens (including phenoxy) is 1. The molecule has 0 unspecified atom stereocenters. The molecule has 3 rings (SSSR count). The summed E-state index contributed by atoms with van der Waals surface area (Å²) < 4.78 is 5.40. The highest BCUT2D eigenvalue weighted by Crippen LogP contribution is 2.30. The first-order valence-electron chi connectivity index (χ1n) is 9.07. The van der Waals surface area contributed by atoms with Gasteiger partial charge in [-0.15, -0.1) is 0 Å². The van der Waals surface area contributed by atoms with Gasteiger partial charge >= 0.3 is 5.97 Å². The first kappa shape index (κ1) is 21.7.